The first-order chi connectivity index (χ1) is 18.4. The number of nitrogens with zero attached hydrogens (tertiary/aromatic N) is 1. The zero-order valence-electron chi connectivity index (χ0n) is 20.2. The fraction of sp³-hybridized carbons (Fsp3) is 0.0690. The molecule has 0 saturated heterocycles. The molecule has 0 fully saturated rings. The minimum atomic E-state index is -0.330. The van der Waals surface area contributed by atoms with Crippen molar-refractivity contribution in [2.45, 2.75) is 13.5 Å². The first-order valence-corrected chi connectivity index (χ1v) is 12.9. The Bertz CT molecular complexity index is 1620. The molecule has 0 radical (unpaired) electrons. The van der Waals surface area contributed by atoms with Crippen LogP contribution in [-0.2, 0) is 6.61 Å². The second kappa shape index (κ2) is 11.2. The Labute approximate surface area is 235 Å². The zero-order chi connectivity index (χ0) is 26.6. The van der Waals surface area contributed by atoms with Gasteiger partial charge in [-0.05, 0) is 90.9 Å². The number of carbonyl (C=O) groups excluding carboxylic acids is 1. The fourth-order valence-electron chi connectivity index (χ4n) is 3.87. The number of H-pyrrole nitrogens is 1. The summed E-state index contributed by atoms with van der Waals surface area (Å²) in [5, 5.41) is 6.96. The van der Waals surface area contributed by atoms with Crippen molar-refractivity contribution in [3.8, 4) is 17.1 Å². The van der Waals surface area contributed by atoms with Crippen LogP contribution in [0, 0.1) is 6.92 Å². The maximum atomic E-state index is 12.7. The van der Waals surface area contributed by atoms with E-state index < -0.39 is 0 Å². The number of hydrogen-bond donors (Lipinski definition) is 3. The number of aromatic nitrogens is 2. The molecule has 0 saturated carbocycles. The molecule has 0 unspecified atom stereocenters. The molecule has 0 aliphatic carbocycles. The molecule has 5 aromatic rings. The normalized spacial score (nSPS) is 10.8. The zero-order valence-corrected chi connectivity index (χ0v) is 22.5. The van der Waals surface area contributed by atoms with Crippen LogP contribution in [0.25, 0.3) is 22.4 Å². The summed E-state index contributed by atoms with van der Waals surface area (Å²) < 4.78 is 5.78. The monoisotopic (exact) mass is 560 g/mol. The van der Waals surface area contributed by atoms with Crippen LogP contribution in [-0.4, -0.2) is 21.0 Å². The van der Waals surface area contributed by atoms with E-state index in [0.29, 0.717) is 28.0 Å². The smallest absolute Gasteiger partial charge is 0.257 e. The van der Waals surface area contributed by atoms with E-state index in [9.17, 15) is 4.79 Å². The van der Waals surface area contributed by atoms with Crippen molar-refractivity contribution in [1.82, 2.24) is 15.3 Å². The Morgan fingerprint density at radius 1 is 0.974 bits per heavy atom. The lowest BCUT2D eigenvalue weighted by atomic mass is 10.1. The van der Waals surface area contributed by atoms with Gasteiger partial charge in [-0.1, -0.05) is 47.5 Å². The Hall–Kier alpha value is -3.91. The van der Waals surface area contributed by atoms with Crippen LogP contribution in [0.3, 0.4) is 0 Å². The van der Waals surface area contributed by atoms with Crippen LogP contribution in [0.15, 0.2) is 84.9 Å². The summed E-state index contributed by atoms with van der Waals surface area (Å²) in [6.07, 6.45) is 0. The summed E-state index contributed by atoms with van der Waals surface area (Å²) in [6, 6.07) is 25.8. The third-order valence-electron chi connectivity index (χ3n) is 5.87. The SMILES string of the molecule is Cc1ccc(NC(=S)NC(=O)c2ccc(OCc3ccc(Cl)c(Cl)c3)cc2)cc1-c1nc2ccccc2[nH]1. The molecule has 3 N–H and O–H groups in total. The van der Waals surface area contributed by atoms with Crippen LogP contribution in [0.5, 0.6) is 5.75 Å². The van der Waals surface area contributed by atoms with Crippen molar-refractivity contribution in [3.05, 3.63) is 112 Å². The van der Waals surface area contributed by atoms with E-state index in [1.807, 2.05) is 55.5 Å². The highest BCUT2D eigenvalue weighted by atomic mass is 35.5. The highest BCUT2D eigenvalue weighted by Crippen LogP contribution is 2.27. The number of thiocarbonyl (C=S) groups is 1. The van der Waals surface area contributed by atoms with Gasteiger partial charge in [0.25, 0.3) is 5.91 Å². The number of imidazole rings is 1. The van der Waals surface area contributed by atoms with Gasteiger partial charge in [-0.2, -0.15) is 0 Å². The second-order valence-electron chi connectivity index (χ2n) is 8.60. The lowest BCUT2D eigenvalue weighted by molar-refractivity contribution is 0.0977. The molecule has 9 heteroatoms. The molecule has 0 aliphatic rings. The number of ether oxygens (including phenoxy) is 1. The number of aryl methyl sites for hydroxylation is 1. The molecule has 0 bridgehead atoms. The van der Waals surface area contributed by atoms with Crippen LogP contribution < -0.4 is 15.4 Å². The predicted molar refractivity (Wildman–Crippen MR) is 157 cm³/mol. The van der Waals surface area contributed by atoms with Gasteiger partial charge >= 0.3 is 0 Å². The van der Waals surface area contributed by atoms with E-state index in [1.165, 1.54) is 0 Å². The summed E-state index contributed by atoms with van der Waals surface area (Å²) in [5.41, 5.74) is 5.94. The van der Waals surface area contributed by atoms with E-state index in [2.05, 4.69) is 20.6 Å². The van der Waals surface area contributed by atoms with Gasteiger partial charge < -0.3 is 15.0 Å². The first kappa shape index (κ1) is 25.7. The van der Waals surface area contributed by atoms with E-state index in [4.69, 9.17) is 40.2 Å². The number of fused-ring (bicyclic) bond motifs is 1. The van der Waals surface area contributed by atoms with E-state index in [0.717, 1.165) is 39.2 Å². The van der Waals surface area contributed by atoms with E-state index in [1.54, 1.807) is 36.4 Å². The Balaban J connectivity index is 1.19. The van der Waals surface area contributed by atoms with Crippen LogP contribution in [0.4, 0.5) is 5.69 Å². The maximum Gasteiger partial charge on any atom is 0.257 e. The topological polar surface area (TPSA) is 79.0 Å². The fourth-order valence-corrected chi connectivity index (χ4v) is 4.40. The first-order valence-electron chi connectivity index (χ1n) is 11.7. The highest BCUT2D eigenvalue weighted by Gasteiger charge is 2.12. The maximum absolute atomic E-state index is 12.7. The molecule has 0 spiro atoms. The number of amides is 1. The Kier molecular flexibility index (Phi) is 7.60. The summed E-state index contributed by atoms with van der Waals surface area (Å²) in [6.45, 7) is 2.34. The van der Waals surface area contributed by atoms with Gasteiger partial charge in [-0.15, -0.1) is 0 Å². The van der Waals surface area contributed by atoms with E-state index in [-0.39, 0.29) is 11.0 Å². The number of hydrogen-bond acceptors (Lipinski definition) is 4. The van der Waals surface area contributed by atoms with Crippen molar-refractivity contribution in [3.63, 3.8) is 0 Å². The Morgan fingerprint density at radius 3 is 2.53 bits per heavy atom. The molecule has 1 amide bonds. The molecule has 5 rings (SSSR count). The summed E-state index contributed by atoms with van der Waals surface area (Å²) in [4.78, 5) is 20.8. The molecule has 1 aromatic heterocycles. The van der Waals surface area contributed by atoms with Crippen molar-refractivity contribution in [1.29, 1.82) is 0 Å². The molecule has 0 aliphatic heterocycles. The van der Waals surface area contributed by atoms with Crippen LogP contribution >= 0.6 is 35.4 Å². The molecular weight excluding hydrogens is 539 g/mol. The molecule has 1 heterocycles. The van der Waals surface area contributed by atoms with Gasteiger partial charge in [0.1, 0.15) is 18.2 Å². The largest absolute Gasteiger partial charge is 0.489 e. The molecular formula is C29H22Cl2N4O2S. The number of benzene rings is 4. The summed E-state index contributed by atoms with van der Waals surface area (Å²) in [5.74, 6) is 1.05. The average Bonchev–Trinajstić information content (AvgIpc) is 3.35. The van der Waals surface area contributed by atoms with Crippen molar-refractivity contribution < 1.29 is 9.53 Å². The summed E-state index contributed by atoms with van der Waals surface area (Å²) in [7, 11) is 0. The third-order valence-corrected chi connectivity index (χ3v) is 6.82. The van der Waals surface area contributed by atoms with Gasteiger partial charge in [0.2, 0.25) is 0 Å². The van der Waals surface area contributed by atoms with Crippen molar-refractivity contribution >= 4 is 63.2 Å². The van der Waals surface area contributed by atoms with Gasteiger partial charge in [-0.25, -0.2) is 4.98 Å². The van der Waals surface area contributed by atoms with Crippen molar-refractivity contribution in [2.24, 2.45) is 0 Å². The summed E-state index contributed by atoms with van der Waals surface area (Å²) >= 11 is 17.4. The molecule has 190 valence electrons. The van der Waals surface area contributed by atoms with Crippen LogP contribution in [0.1, 0.15) is 21.5 Å². The van der Waals surface area contributed by atoms with Gasteiger partial charge in [0.05, 0.1) is 21.1 Å². The minimum absolute atomic E-state index is 0.189. The number of carbonyl (C=O) groups is 1. The number of aromatic amines is 1. The van der Waals surface area contributed by atoms with Gasteiger partial charge in [0.15, 0.2) is 5.11 Å². The molecule has 6 nitrogen and oxygen atoms in total. The predicted octanol–water partition coefficient (Wildman–Crippen LogP) is 7.55. The standard InChI is InChI=1S/C29H22Cl2N4O2S/c1-17-6-10-20(15-22(17)27-33-25-4-2-3-5-26(25)34-27)32-29(38)35-28(36)19-8-11-21(12-9-19)37-16-18-7-13-23(30)24(31)14-18/h2-15H,16H2,1H3,(H,33,34)(H2,32,35,36,38). The molecule has 0 atom stereocenters. The van der Waals surface area contributed by atoms with Gasteiger partial charge in [-0.3, -0.25) is 10.1 Å². The number of para-hydroxylation sites is 2. The quantitative estimate of drug-likeness (QED) is 0.187. The minimum Gasteiger partial charge on any atom is -0.489 e. The lowest BCUT2D eigenvalue weighted by Gasteiger charge is -2.12. The highest BCUT2D eigenvalue weighted by molar-refractivity contribution is 7.80. The second-order valence-corrected chi connectivity index (χ2v) is 9.82. The number of halogens is 2. The number of anilines is 1. The number of rotatable bonds is 6. The van der Waals surface area contributed by atoms with Gasteiger partial charge in [0, 0.05) is 16.8 Å². The van der Waals surface area contributed by atoms with Crippen molar-refractivity contribution in [2.75, 3.05) is 5.32 Å². The number of nitrogens with one attached hydrogen (secondary N) is 3. The van der Waals surface area contributed by atoms with E-state index >= 15 is 0 Å². The third kappa shape index (κ3) is 5.97. The van der Waals surface area contributed by atoms with Crippen LogP contribution in [0.2, 0.25) is 10.0 Å². The average molecular weight is 561 g/mol. The Morgan fingerprint density at radius 2 is 1.76 bits per heavy atom. The lowest BCUT2D eigenvalue weighted by Crippen LogP contribution is -2.34. The molecule has 4 aromatic carbocycles. The molecule has 38 heavy (non-hydrogen) atoms.